The molecule has 3 N–H and O–H groups in total. The van der Waals surface area contributed by atoms with Crippen LogP contribution in [-0.4, -0.2) is 19.1 Å². The molecule has 0 fully saturated rings. The zero-order valence-corrected chi connectivity index (χ0v) is 11.6. The number of carbonyl (C=O) groups excluding carboxylic acids is 1. The topological polar surface area (TPSA) is 64.4 Å². The Bertz CT molecular complexity index is 567. The molecule has 0 unspecified atom stereocenters. The van der Waals surface area contributed by atoms with Crippen LogP contribution < -0.4 is 15.8 Å². The number of hydrogen-bond donors (Lipinski definition) is 2. The maximum atomic E-state index is 10.9. The number of nitrogens with two attached hydrogens (primary N) is 1. The molecule has 0 aromatic heterocycles. The van der Waals surface area contributed by atoms with E-state index in [0.29, 0.717) is 23.7 Å². The number of hydrogen-bond acceptors (Lipinski definition) is 3. The van der Waals surface area contributed by atoms with Crippen molar-refractivity contribution in [3.05, 3.63) is 59.1 Å². The van der Waals surface area contributed by atoms with E-state index < -0.39 is 5.91 Å². The third-order valence-electron chi connectivity index (χ3n) is 2.68. The van der Waals surface area contributed by atoms with Crippen molar-refractivity contribution in [1.29, 1.82) is 0 Å². The van der Waals surface area contributed by atoms with Crippen molar-refractivity contribution < 1.29 is 9.53 Å². The molecule has 0 aliphatic rings. The second-order valence-electron chi connectivity index (χ2n) is 4.17. The average Bonchev–Trinajstić information content (AvgIpc) is 2.46. The zero-order valence-electron chi connectivity index (χ0n) is 10.8. The van der Waals surface area contributed by atoms with Crippen LogP contribution in [0.3, 0.4) is 0 Å². The number of ether oxygens (including phenoxy) is 1. The quantitative estimate of drug-likeness (QED) is 0.804. The van der Waals surface area contributed by atoms with Gasteiger partial charge in [0.05, 0.1) is 0 Å². The first-order chi connectivity index (χ1) is 9.65. The second kappa shape index (κ2) is 6.82. The first-order valence-corrected chi connectivity index (χ1v) is 6.55. The Morgan fingerprint density at radius 2 is 1.75 bits per heavy atom. The summed E-state index contributed by atoms with van der Waals surface area (Å²) < 4.78 is 5.55. The Morgan fingerprint density at radius 1 is 1.10 bits per heavy atom. The Morgan fingerprint density at radius 3 is 2.35 bits per heavy atom. The predicted molar refractivity (Wildman–Crippen MR) is 80.4 cm³/mol. The molecule has 0 heterocycles. The Labute approximate surface area is 122 Å². The summed E-state index contributed by atoms with van der Waals surface area (Å²) in [6.45, 7) is 1.18. The smallest absolute Gasteiger partial charge is 0.248 e. The maximum absolute atomic E-state index is 10.9. The van der Waals surface area contributed by atoms with Gasteiger partial charge in [0.2, 0.25) is 5.91 Å². The van der Waals surface area contributed by atoms with Gasteiger partial charge >= 0.3 is 0 Å². The van der Waals surface area contributed by atoms with E-state index in [1.807, 2.05) is 24.3 Å². The highest BCUT2D eigenvalue weighted by Gasteiger charge is 1.99. The lowest BCUT2D eigenvalue weighted by Crippen LogP contribution is -2.13. The summed E-state index contributed by atoms with van der Waals surface area (Å²) in [5.74, 6) is 0.350. The largest absolute Gasteiger partial charge is 0.492 e. The van der Waals surface area contributed by atoms with Crippen molar-refractivity contribution in [2.24, 2.45) is 5.73 Å². The Kier molecular flexibility index (Phi) is 4.85. The lowest BCUT2D eigenvalue weighted by atomic mass is 10.2. The van der Waals surface area contributed by atoms with Crippen molar-refractivity contribution in [3.63, 3.8) is 0 Å². The van der Waals surface area contributed by atoms with E-state index in [2.05, 4.69) is 5.32 Å². The number of amides is 1. The van der Waals surface area contributed by atoms with E-state index in [-0.39, 0.29) is 0 Å². The minimum absolute atomic E-state index is 0.428. The van der Waals surface area contributed by atoms with Gasteiger partial charge in [-0.3, -0.25) is 4.79 Å². The van der Waals surface area contributed by atoms with Crippen LogP contribution in [-0.2, 0) is 0 Å². The number of benzene rings is 2. The highest BCUT2D eigenvalue weighted by Crippen LogP contribution is 2.15. The fourth-order valence-electron chi connectivity index (χ4n) is 1.65. The first-order valence-electron chi connectivity index (χ1n) is 6.17. The molecule has 4 nitrogen and oxygen atoms in total. The van der Waals surface area contributed by atoms with E-state index in [0.717, 1.165) is 11.4 Å². The second-order valence-corrected chi connectivity index (χ2v) is 4.61. The fourth-order valence-corrected chi connectivity index (χ4v) is 1.77. The molecule has 0 aliphatic carbocycles. The summed E-state index contributed by atoms with van der Waals surface area (Å²) in [7, 11) is 0. The highest BCUT2D eigenvalue weighted by molar-refractivity contribution is 6.30. The van der Waals surface area contributed by atoms with Crippen molar-refractivity contribution in [3.8, 4) is 5.75 Å². The van der Waals surface area contributed by atoms with Crippen LogP contribution in [0, 0.1) is 0 Å². The maximum Gasteiger partial charge on any atom is 0.248 e. The molecule has 2 aromatic carbocycles. The molecular formula is C15H15ClN2O2. The van der Waals surface area contributed by atoms with Crippen LogP contribution in [0.5, 0.6) is 5.75 Å². The van der Waals surface area contributed by atoms with Gasteiger partial charge in [0.25, 0.3) is 0 Å². The van der Waals surface area contributed by atoms with E-state index in [1.54, 1.807) is 24.3 Å². The molecule has 0 bridgehead atoms. The van der Waals surface area contributed by atoms with Crippen LogP contribution in [0.15, 0.2) is 48.5 Å². The molecule has 0 radical (unpaired) electrons. The molecule has 0 saturated carbocycles. The third-order valence-corrected chi connectivity index (χ3v) is 2.93. The number of carbonyl (C=O) groups is 1. The molecule has 104 valence electrons. The lowest BCUT2D eigenvalue weighted by molar-refractivity contribution is 0.100. The zero-order chi connectivity index (χ0) is 14.4. The van der Waals surface area contributed by atoms with E-state index in [1.165, 1.54) is 0 Å². The van der Waals surface area contributed by atoms with Gasteiger partial charge in [-0.2, -0.15) is 0 Å². The summed E-state index contributed by atoms with van der Waals surface area (Å²) in [5, 5.41) is 3.87. The summed E-state index contributed by atoms with van der Waals surface area (Å²) in [6, 6.07) is 14.2. The number of nitrogens with one attached hydrogen (secondary N) is 1. The molecule has 0 spiro atoms. The molecular weight excluding hydrogens is 276 g/mol. The number of rotatable bonds is 6. The number of primary amides is 1. The first kappa shape index (κ1) is 14.2. The fraction of sp³-hybridized carbons (Fsp3) is 0.133. The average molecular weight is 291 g/mol. The minimum atomic E-state index is -0.428. The molecule has 2 rings (SSSR count). The minimum Gasteiger partial charge on any atom is -0.492 e. The van der Waals surface area contributed by atoms with Crippen molar-refractivity contribution in [1.82, 2.24) is 0 Å². The Hall–Kier alpha value is -2.20. The molecule has 0 atom stereocenters. The van der Waals surface area contributed by atoms with E-state index >= 15 is 0 Å². The standard InChI is InChI=1S/C15H15ClN2O2/c16-12-3-7-14(8-4-12)20-10-9-18-13-5-1-11(2-6-13)15(17)19/h1-8,18H,9-10H2,(H2,17,19). The molecule has 2 aromatic rings. The van der Waals surface area contributed by atoms with Gasteiger partial charge < -0.3 is 15.8 Å². The van der Waals surface area contributed by atoms with Crippen LogP contribution in [0.1, 0.15) is 10.4 Å². The predicted octanol–water partition coefficient (Wildman–Crippen LogP) is 2.93. The normalized spacial score (nSPS) is 10.1. The van der Waals surface area contributed by atoms with Gasteiger partial charge in [-0.1, -0.05) is 11.6 Å². The molecule has 0 saturated heterocycles. The van der Waals surface area contributed by atoms with Crippen molar-refractivity contribution >= 4 is 23.2 Å². The lowest BCUT2D eigenvalue weighted by Gasteiger charge is -2.09. The van der Waals surface area contributed by atoms with Crippen molar-refractivity contribution in [2.45, 2.75) is 0 Å². The molecule has 5 heteroatoms. The highest BCUT2D eigenvalue weighted by atomic mass is 35.5. The van der Waals surface area contributed by atoms with Gasteiger partial charge in [0.15, 0.2) is 0 Å². The molecule has 20 heavy (non-hydrogen) atoms. The van der Waals surface area contributed by atoms with Gasteiger partial charge in [0, 0.05) is 22.8 Å². The summed E-state index contributed by atoms with van der Waals surface area (Å²) in [4.78, 5) is 10.9. The van der Waals surface area contributed by atoms with Gasteiger partial charge in [0.1, 0.15) is 12.4 Å². The number of halogens is 1. The summed E-state index contributed by atoms with van der Waals surface area (Å²) >= 11 is 5.79. The van der Waals surface area contributed by atoms with Gasteiger partial charge in [-0.15, -0.1) is 0 Å². The van der Waals surface area contributed by atoms with Gasteiger partial charge in [-0.05, 0) is 48.5 Å². The number of anilines is 1. The molecule has 1 amide bonds. The third kappa shape index (κ3) is 4.17. The SMILES string of the molecule is NC(=O)c1ccc(NCCOc2ccc(Cl)cc2)cc1. The van der Waals surface area contributed by atoms with Crippen LogP contribution >= 0.6 is 11.6 Å². The summed E-state index contributed by atoms with van der Waals surface area (Å²) in [6.07, 6.45) is 0. The summed E-state index contributed by atoms with van der Waals surface area (Å²) in [5.41, 5.74) is 6.58. The van der Waals surface area contributed by atoms with Crippen LogP contribution in [0.25, 0.3) is 0 Å². The Balaban J connectivity index is 1.75. The van der Waals surface area contributed by atoms with E-state index in [4.69, 9.17) is 22.1 Å². The van der Waals surface area contributed by atoms with Crippen molar-refractivity contribution in [2.75, 3.05) is 18.5 Å². The van der Waals surface area contributed by atoms with Gasteiger partial charge in [-0.25, -0.2) is 0 Å². The van der Waals surface area contributed by atoms with Crippen LogP contribution in [0.2, 0.25) is 5.02 Å². The molecule has 0 aliphatic heterocycles. The van der Waals surface area contributed by atoms with Crippen LogP contribution in [0.4, 0.5) is 5.69 Å². The monoisotopic (exact) mass is 290 g/mol. The van der Waals surface area contributed by atoms with E-state index in [9.17, 15) is 4.79 Å².